The fraction of sp³-hybridized carbons (Fsp3) is 0.250. The van der Waals surface area contributed by atoms with Gasteiger partial charge in [0.05, 0.1) is 21.6 Å². The maximum atomic E-state index is 13.0. The van der Waals surface area contributed by atoms with Gasteiger partial charge in [-0.2, -0.15) is 5.10 Å². The number of fused-ring (bicyclic) bond motifs is 1. The molecule has 0 saturated carbocycles. The predicted molar refractivity (Wildman–Crippen MR) is 130 cm³/mol. The molecule has 35 heavy (non-hydrogen) atoms. The van der Waals surface area contributed by atoms with Gasteiger partial charge in [0.1, 0.15) is 11.4 Å². The number of hydrazone groups is 1. The molecule has 0 atom stereocenters. The van der Waals surface area contributed by atoms with E-state index in [1.54, 1.807) is 6.92 Å². The van der Waals surface area contributed by atoms with Crippen molar-refractivity contribution in [2.24, 2.45) is 5.10 Å². The summed E-state index contributed by atoms with van der Waals surface area (Å²) in [6, 6.07) is 10.8. The van der Waals surface area contributed by atoms with Crippen molar-refractivity contribution in [3.05, 3.63) is 90.9 Å². The highest BCUT2D eigenvalue weighted by atomic mass is 16.6. The zero-order chi connectivity index (χ0) is 25.1. The van der Waals surface area contributed by atoms with Crippen molar-refractivity contribution in [1.29, 1.82) is 0 Å². The molecule has 0 bridgehead atoms. The number of nitro benzene ring substituents is 2. The summed E-state index contributed by atoms with van der Waals surface area (Å²) in [6.07, 6.45) is 2.69. The van der Waals surface area contributed by atoms with Crippen LogP contribution in [0.3, 0.4) is 0 Å². The minimum absolute atomic E-state index is 0.0236. The van der Waals surface area contributed by atoms with Crippen LogP contribution in [0.1, 0.15) is 52.8 Å². The first-order valence-corrected chi connectivity index (χ1v) is 11.1. The van der Waals surface area contributed by atoms with Gasteiger partial charge >= 0.3 is 5.69 Å². The summed E-state index contributed by atoms with van der Waals surface area (Å²) < 4.78 is 5.93. The van der Waals surface area contributed by atoms with E-state index in [2.05, 4.69) is 15.8 Å². The molecule has 0 radical (unpaired) electrons. The molecule has 0 saturated heterocycles. The van der Waals surface area contributed by atoms with Gasteiger partial charge < -0.3 is 9.73 Å². The lowest BCUT2D eigenvalue weighted by molar-refractivity contribution is -0.393. The number of nitro groups is 2. The molecule has 1 amide bonds. The van der Waals surface area contributed by atoms with E-state index < -0.39 is 15.5 Å². The second kappa shape index (κ2) is 9.75. The van der Waals surface area contributed by atoms with E-state index in [0.717, 1.165) is 30.2 Å². The minimum Gasteiger partial charge on any atom is -0.455 e. The first kappa shape index (κ1) is 23.6. The molecule has 0 fully saturated rings. The van der Waals surface area contributed by atoms with Gasteiger partial charge in [0.2, 0.25) is 0 Å². The Morgan fingerprint density at radius 2 is 1.86 bits per heavy atom. The lowest BCUT2D eigenvalue weighted by Gasteiger charge is -2.14. The zero-order valence-corrected chi connectivity index (χ0v) is 19.2. The molecule has 2 N–H and O–H groups in total. The van der Waals surface area contributed by atoms with E-state index in [1.807, 2.05) is 31.2 Å². The lowest BCUT2D eigenvalue weighted by atomic mass is 9.93. The van der Waals surface area contributed by atoms with Crippen LogP contribution in [0.5, 0.6) is 0 Å². The van der Waals surface area contributed by atoms with Crippen molar-refractivity contribution < 1.29 is 19.1 Å². The van der Waals surface area contributed by atoms with Crippen molar-refractivity contribution in [3.63, 3.8) is 0 Å². The van der Waals surface area contributed by atoms with Gasteiger partial charge in [0.15, 0.2) is 5.76 Å². The molecule has 1 aromatic heterocycles. The van der Waals surface area contributed by atoms with Crippen LogP contribution >= 0.6 is 0 Å². The zero-order valence-electron chi connectivity index (χ0n) is 19.2. The number of rotatable bonds is 7. The number of hydrogen-bond acceptors (Lipinski definition) is 8. The van der Waals surface area contributed by atoms with Crippen molar-refractivity contribution in [1.82, 2.24) is 0 Å². The summed E-state index contributed by atoms with van der Waals surface area (Å²) in [7, 11) is 0. The van der Waals surface area contributed by atoms with Crippen LogP contribution in [-0.2, 0) is 12.8 Å². The molecule has 1 aliphatic carbocycles. The first-order chi connectivity index (χ1) is 16.8. The first-order valence-electron chi connectivity index (χ1n) is 11.1. The number of nitrogens with one attached hydrogen (secondary N) is 2. The van der Waals surface area contributed by atoms with Crippen molar-refractivity contribution >= 4 is 34.4 Å². The van der Waals surface area contributed by atoms with E-state index >= 15 is 0 Å². The van der Waals surface area contributed by atoms with Crippen LogP contribution in [0, 0.1) is 27.2 Å². The Labute approximate surface area is 200 Å². The van der Waals surface area contributed by atoms with E-state index in [1.165, 1.54) is 12.1 Å². The monoisotopic (exact) mass is 477 g/mol. The third-order valence-corrected chi connectivity index (χ3v) is 5.88. The van der Waals surface area contributed by atoms with Crippen LogP contribution in [0.25, 0.3) is 0 Å². The van der Waals surface area contributed by atoms with Gasteiger partial charge in [-0.05, 0) is 43.9 Å². The molecule has 11 nitrogen and oxygen atoms in total. The predicted octanol–water partition coefficient (Wildman–Crippen LogP) is 5.37. The standard InChI is InChI=1S/C24H23N5O6/c1-3-15-7-4-5-8-17(15)25-24(30)23-14(2)22-19(9-6-10-21(22)35-23)27-26-18-12-11-16(28(31)32)13-20(18)29(33)34/h4-5,7-8,11-13,26H,3,6,9-10H2,1-2H3,(H,25,30)/b27-19+. The lowest BCUT2D eigenvalue weighted by Crippen LogP contribution is -2.15. The minimum atomic E-state index is -0.707. The Morgan fingerprint density at radius 3 is 2.57 bits per heavy atom. The molecule has 0 unspecified atom stereocenters. The number of carbonyl (C=O) groups excluding carboxylic acids is 1. The van der Waals surface area contributed by atoms with Gasteiger partial charge in [0.25, 0.3) is 11.6 Å². The number of non-ortho nitro benzene ring substituents is 1. The average molecular weight is 477 g/mol. The number of furan rings is 1. The topological polar surface area (TPSA) is 153 Å². The number of anilines is 2. The number of hydrogen-bond donors (Lipinski definition) is 2. The molecule has 2 aromatic carbocycles. The molecule has 11 heteroatoms. The van der Waals surface area contributed by atoms with Crippen molar-refractivity contribution in [2.75, 3.05) is 10.7 Å². The van der Waals surface area contributed by atoms with Gasteiger partial charge in [-0.15, -0.1) is 0 Å². The maximum Gasteiger partial charge on any atom is 0.301 e. The van der Waals surface area contributed by atoms with E-state index in [-0.39, 0.29) is 23.0 Å². The van der Waals surface area contributed by atoms with Crippen molar-refractivity contribution in [3.8, 4) is 0 Å². The highest BCUT2D eigenvalue weighted by Crippen LogP contribution is 2.32. The summed E-state index contributed by atoms with van der Waals surface area (Å²) in [5.74, 6) is 0.453. The smallest absolute Gasteiger partial charge is 0.301 e. The van der Waals surface area contributed by atoms with Crippen LogP contribution in [0.15, 0.2) is 52.0 Å². The molecule has 3 aromatic rings. The Morgan fingerprint density at radius 1 is 1.09 bits per heavy atom. The van der Waals surface area contributed by atoms with Gasteiger partial charge in [0, 0.05) is 29.3 Å². The molecule has 1 aliphatic rings. The summed E-state index contributed by atoms with van der Waals surface area (Å²) in [4.78, 5) is 34.0. The summed E-state index contributed by atoms with van der Waals surface area (Å²) in [6.45, 7) is 3.78. The van der Waals surface area contributed by atoms with Crippen LogP contribution in [-0.4, -0.2) is 21.5 Å². The van der Waals surface area contributed by atoms with E-state index in [9.17, 15) is 25.0 Å². The van der Waals surface area contributed by atoms with Gasteiger partial charge in [-0.25, -0.2) is 0 Å². The van der Waals surface area contributed by atoms with Crippen LogP contribution in [0.4, 0.5) is 22.7 Å². The second-order valence-electron chi connectivity index (χ2n) is 8.06. The number of aryl methyl sites for hydroxylation is 2. The Balaban J connectivity index is 1.63. The van der Waals surface area contributed by atoms with E-state index in [4.69, 9.17) is 4.42 Å². The fourth-order valence-electron chi connectivity index (χ4n) is 4.13. The largest absolute Gasteiger partial charge is 0.455 e. The molecular weight excluding hydrogens is 454 g/mol. The number of carbonyl (C=O) groups is 1. The highest BCUT2D eigenvalue weighted by molar-refractivity contribution is 6.09. The Bertz CT molecular complexity index is 1360. The number of amides is 1. The number of nitrogens with zero attached hydrogens (tertiary/aromatic N) is 3. The Hall–Kier alpha value is -4.54. The summed E-state index contributed by atoms with van der Waals surface area (Å²) >= 11 is 0. The fourth-order valence-corrected chi connectivity index (χ4v) is 4.13. The van der Waals surface area contributed by atoms with Crippen molar-refractivity contribution in [2.45, 2.75) is 39.5 Å². The molecule has 0 spiro atoms. The average Bonchev–Trinajstić information content (AvgIpc) is 3.20. The van der Waals surface area contributed by atoms with Gasteiger partial charge in [-0.3, -0.25) is 30.4 Å². The molecule has 180 valence electrons. The summed E-state index contributed by atoms with van der Waals surface area (Å²) in [5, 5.41) is 29.7. The molecular formula is C24H23N5O6. The molecule has 0 aliphatic heterocycles. The number of benzene rings is 2. The van der Waals surface area contributed by atoms with Crippen LogP contribution in [0.2, 0.25) is 0 Å². The highest BCUT2D eigenvalue weighted by Gasteiger charge is 2.28. The third kappa shape index (κ3) is 4.74. The second-order valence-corrected chi connectivity index (χ2v) is 8.06. The SMILES string of the molecule is CCc1ccccc1NC(=O)c1oc2c(c1C)/C(=N/Nc1ccc([N+](=O)[O-])cc1[N+](=O)[O-])CCC2. The molecule has 4 rings (SSSR count). The molecule has 1 heterocycles. The maximum absolute atomic E-state index is 13.0. The van der Waals surface area contributed by atoms with Gasteiger partial charge in [-0.1, -0.05) is 25.1 Å². The van der Waals surface area contributed by atoms with Crippen LogP contribution < -0.4 is 10.7 Å². The summed E-state index contributed by atoms with van der Waals surface area (Å²) in [5.41, 5.74) is 5.49. The third-order valence-electron chi connectivity index (χ3n) is 5.88. The Kier molecular flexibility index (Phi) is 6.58. The van der Waals surface area contributed by atoms with E-state index in [0.29, 0.717) is 35.4 Å². The quantitative estimate of drug-likeness (QED) is 0.342. The number of para-hydroxylation sites is 1. The normalized spacial score (nSPS) is 13.8.